The molecule has 0 unspecified atom stereocenters. The molecule has 1 saturated heterocycles. The SMILES string of the molecule is NC(=O)Nc1cccc(C(=O)N2CCN(Cc3cccc(C(F)(F)F)c3)CC2)c1. The largest absolute Gasteiger partial charge is 0.416 e. The summed E-state index contributed by atoms with van der Waals surface area (Å²) in [6.45, 7) is 2.43. The number of anilines is 1. The van der Waals surface area contributed by atoms with Gasteiger partial charge in [0.1, 0.15) is 0 Å². The van der Waals surface area contributed by atoms with Gasteiger partial charge in [0.15, 0.2) is 0 Å². The van der Waals surface area contributed by atoms with E-state index in [0.29, 0.717) is 49.5 Å². The third-order valence-electron chi connectivity index (χ3n) is 4.70. The summed E-state index contributed by atoms with van der Waals surface area (Å²) in [4.78, 5) is 27.4. The Balaban J connectivity index is 1.58. The number of benzene rings is 2. The number of urea groups is 1. The quantitative estimate of drug-likeness (QED) is 0.819. The number of hydrogen-bond donors (Lipinski definition) is 2. The van der Waals surface area contributed by atoms with E-state index in [0.717, 1.165) is 12.1 Å². The van der Waals surface area contributed by atoms with Crippen molar-refractivity contribution >= 4 is 17.6 Å². The molecule has 2 aromatic rings. The summed E-state index contributed by atoms with van der Waals surface area (Å²) in [5.74, 6) is -0.170. The van der Waals surface area contributed by atoms with Gasteiger partial charge in [-0.3, -0.25) is 9.69 Å². The molecular formula is C20H21F3N4O2. The molecule has 0 saturated carbocycles. The second kappa shape index (κ2) is 8.52. The van der Waals surface area contributed by atoms with E-state index >= 15 is 0 Å². The van der Waals surface area contributed by atoms with Crippen LogP contribution < -0.4 is 11.1 Å². The Morgan fingerprint density at radius 3 is 2.34 bits per heavy atom. The van der Waals surface area contributed by atoms with Gasteiger partial charge in [0.25, 0.3) is 5.91 Å². The Morgan fingerprint density at radius 2 is 1.69 bits per heavy atom. The number of alkyl halides is 3. The fourth-order valence-electron chi connectivity index (χ4n) is 3.27. The lowest BCUT2D eigenvalue weighted by Crippen LogP contribution is -2.48. The molecule has 0 radical (unpaired) electrons. The van der Waals surface area contributed by atoms with Crippen LogP contribution in [-0.2, 0) is 12.7 Å². The maximum atomic E-state index is 12.9. The molecule has 1 aliphatic rings. The van der Waals surface area contributed by atoms with Gasteiger partial charge in [-0.1, -0.05) is 24.3 Å². The number of carbonyl (C=O) groups excluding carboxylic acids is 2. The third kappa shape index (κ3) is 5.47. The highest BCUT2D eigenvalue weighted by molar-refractivity contribution is 5.96. The van der Waals surface area contributed by atoms with Crippen LogP contribution in [0.15, 0.2) is 48.5 Å². The first-order valence-corrected chi connectivity index (χ1v) is 9.06. The van der Waals surface area contributed by atoms with E-state index in [1.807, 2.05) is 4.90 Å². The maximum Gasteiger partial charge on any atom is 0.416 e. The molecule has 1 aliphatic heterocycles. The molecule has 1 fully saturated rings. The average Bonchev–Trinajstić information content (AvgIpc) is 2.67. The second-order valence-corrected chi connectivity index (χ2v) is 6.84. The lowest BCUT2D eigenvalue weighted by atomic mass is 10.1. The van der Waals surface area contributed by atoms with Gasteiger partial charge in [0.2, 0.25) is 0 Å². The van der Waals surface area contributed by atoms with Crippen LogP contribution in [0.5, 0.6) is 0 Å². The van der Waals surface area contributed by atoms with Gasteiger partial charge in [-0.05, 0) is 29.8 Å². The van der Waals surface area contributed by atoms with Crippen LogP contribution in [0, 0.1) is 0 Å². The molecule has 0 spiro atoms. The van der Waals surface area contributed by atoms with Gasteiger partial charge in [0.05, 0.1) is 5.56 Å². The zero-order valence-corrected chi connectivity index (χ0v) is 15.6. The monoisotopic (exact) mass is 406 g/mol. The number of rotatable bonds is 4. The summed E-state index contributed by atoms with van der Waals surface area (Å²) in [6, 6.07) is 11.1. The number of carbonyl (C=O) groups is 2. The molecule has 0 aliphatic carbocycles. The summed E-state index contributed by atoms with van der Waals surface area (Å²) >= 11 is 0. The van der Waals surface area contributed by atoms with Gasteiger partial charge < -0.3 is 16.0 Å². The van der Waals surface area contributed by atoms with Crippen molar-refractivity contribution in [1.82, 2.24) is 9.80 Å². The molecular weight excluding hydrogens is 385 g/mol. The first-order valence-electron chi connectivity index (χ1n) is 9.06. The first-order chi connectivity index (χ1) is 13.7. The van der Waals surface area contributed by atoms with Gasteiger partial charge >= 0.3 is 12.2 Å². The fourth-order valence-corrected chi connectivity index (χ4v) is 3.27. The Labute approximate surface area is 166 Å². The van der Waals surface area contributed by atoms with Crippen LogP contribution >= 0.6 is 0 Å². The van der Waals surface area contributed by atoms with Crippen molar-refractivity contribution < 1.29 is 22.8 Å². The van der Waals surface area contributed by atoms with E-state index in [1.54, 1.807) is 35.2 Å². The van der Waals surface area contributed by atoms with Gasteiger partial charge in [-0.15, -0.1) is 0 Å². The minimum absolute atomic E-state index is 0.170. The molecule has 3 N–H and O–H groups in total. The number of halogens is 3. The zero-order chi connectivity index (χ0) is 21.0. The van der Waals surface area contributed by atoms with Crippen molar-refractivity contribution in [2.45, 2.75) is 12.7 Å². The normalized spacial score (nSPS) is 15.2. The Kier molecular flexibility index (Phi) is 6.07. The predicted molar refractivity (Wildman–Crippen MR) is 102 cm³/mol. The fraction of sp³-hybridized carbons (Fsp3) is 0.300. The first kappa shape index (κ1) is 20.7. The summed E-state index contributed by atoms with van der Waals surface area (Å²) in [6.07, 6.45) is -4.36. The molecule has 0 atom stereocenters. The Bertz CT molecular complexity index is 893. The molecule has 0 aromatic heterocycles. The highest BCUT2D eigenvalue weighted by Crippen LogP contribution is 2.29. The third-order valence-corrected chi connectivity index (χ3v) is 4.70. The highest BCUT2D eigenvalue weighted by atomic mass is 19.4. The molecule has 154 valence electrons. The van der Waals surface area contributed by atoms with Crippen molar-refractivity contribution in [3.05, 3.63) is 65.2 Å². The van der Waals surface area contributed by atoms with E-state index in [1.165, 1.54) is 6.07 Å². The summed E-state index contributed by atoms with van der Waals surface area (Å²) in [7, 11) is 0. The molecule has 6 nitrogen and oxygen atoms in total. The lowest BCUT2D eigenvalue weighted by molar-refractivity contribution is -0.137. The van der Waals surface area contributed by atoms with E-state index in [9.17, 15) is 22.8 Å². The highest BCUT2D eigenvalue weighted by Gasteiger charge is 2.30. The summed E-state index contributed by atoms with van der Waals surface area (Å²) < 4.78 is 38.6. The van der Waals surface area contributed by atoms with Crippen LogP contribution in [0.3, 0.4) is 0 Å². The molecule has 9 heteroatoms. The van der Waals surface area contributed by atoms with Gasteiger partial charge in [-0.25, -0.2) is 4.79 Å². The number of nitrogens with one attached hydrogen (secondary N) is 1. The molecule has 1 heterocycles. The van der Waals surface area contributed by atoms with Gasteiger partial charge in [-0.2, -0.15) is 13.2 Å². The van der Waals surface area contributed by atoms with Crippen LogP contribution in [0.2, 0.25) is 0 Å². The van der Waals surface area contributed by atoms with E-state index < -0.39 is 17.8 Å². The summed E-state index contributed by atoms with van der Waals surface area (Å²) in [5, 5.41) is 2.43. The summed E-state index contributed by atoms with van der Waals surface area (Å²) in [5.41, 5.74) is 5.89. The Morgan fingerprint density at radius 1 is 1.00 bits per heavy atom. The maximum absolute atomic E-state index is 12.9. The number of hydrogen-bond acceptors (Lipinski definition) is 3. The smallest absolute Gasteiger partial charge is 0.351 e. The zero-order valence-electron chi connectivity index (χ0n) is 15.6. The minimum atomic E-state index is -4.36. The van der Waals surface area contributed by atoms with Crippen LogP contribution in [0.4, 0.5) is 23.7 Å². The van der Waals surface area contributed by atoms with Crippen molar-refractivity contribution in [2.75, 3.05) is 31.5 Å². The standard InChI is InChI=1S/C20H21F3N4O2/c21-20(22,23)16-5-1-3-14(11-16)13-26-7-9-27(10-8-26)18(28)15-4-2-6-17(12-15)25-19(24)29/h1-6,11-12H,7-10,13H2,(H3,24,25,29). The lowest BCUT2D eigenvalue weighted by Gasteiger charge is -2.35. The number of nitrogens with two attached hydrogens (primary N) is 1. The van der Waals surface area contributed by atoms with E-state index in [4.69, 9.17) is 5.73 Å². The van der Waals surface area contributed by atoms with Crippen LogP contribution in [0.1, 0.15) is 21.5 Å². The molecule has 3 rings (SSSR count). The van der Waals surface area contributed by atoms with Crippen LogP contribution in [-0.4, -0.2) is 47.9 Å². The van der Waals surface area contributed by atoms with Crippen molar-refractivity contribution in [1.29, 1.82) is 0 Å². The Hall–Kier alpha value is -3.07. The number of piperazine rings is 1. The van der Waals surface area contributed by atoms with Crippen molar-refractivity contribution in [2.24, 2.45) is 5.73 Å². The number of nitrogens with zero attached hydrogens (tertiary/aromatic N) is 2. The molecule has 2 aromatic carbocycles. The topological polar surface area (TPSA) is 78.7 Å². The van der Waals surface area contributed by atoms with E-state index in [-0.39, 0.29) is 5.91 Å². The minimum Gasteiger partial charge on any atom is -0.351 e. The molecule has 0 bridgehead atoms. The number of primary amides is 1. The predicted octanol–water partition coefficient (Wildman–Crippen LogP) is 3.15. The second-order valence-electron chi connectivity index (χ2n) is 6.84. The average molecular weight is 406 g/mol. The van der Waals surface area contributed by atoms with Crippen molar-refractivity contribution in [3.63, 3.8) is 0 Å². The molecule has 29 heavy (non-hydrogen) atoms. The van der Waals surface area contributed by atoms with E-state index in [2.05, 4.69) is 5.32 Å². The van der Waals surface area contributed by atoms with Crippen LogP contribution in [0.25, 0.3) is 0 Å². The van der Waals surface area contributed by atoms with Crippen molar-refractivity contribution in [3.8, 4) is 0 Å². The molecule has 3 amide bonds. The number of amides is 3. The van der Waals surface area contributed by atoms with Gasteiger partial charge in [0, 0.05) is 44.0 Å².